The highest BCUT2D eigenvalue weighted by molar-refractivity contribution is 4.84. The van der Waals surface area contributed by atoms with Gasteiger partial charge in [-0.1, -0.05) is 19.4 Å². The Kier molecular flexibility index (Phi) is 6.03. The first-order valence-corrected chi connectivity index (χ1v) is 4.74. The third-order valence-electron chi connectivity index (χ3n) is 2.15. The maximum atomic E-state index is 5.69. The van der Waals surface area contributed by atoms with Crippen LogP contribution in [0.15, 0.2) is 12.7 Å². The van der Waals surface area contributed by atoms with Gasteiger partial charge < -0.3 is 11.1 Å². The molecule has 0 fully saturated rings. The summed E-state index contributed by atoms with van der Waals surface area (Å²) in [5, 5.41) is 3.45. The molecular formula is C10H22N2. The van der Waals surface area contributed by atoms with Crippen molar-refractivity contribution in [2.24, 2.45) is 5.73 Å². The molecule has 0 aromatic carbocycles. The van der Waals surface area contributed by atoms with Gasteiger partial charge in [-0.3, -0.25) is 0 Å². The van der Waals surface area contributed by atoms with E-state index in [1.54, 1.807) is 0 Å². The van der Waals surface area contributed by atoms with Crippen molar-refractivity contribution in [3.63, 3.8) is 0 Å². The van der Waals surface area contributed by atoms with Gasteiger partial charge in [0.1, 0.15) is 0 Å². The molecule has 0 rings (SSSR count). The molecular weight excluding hydrogens is 148 g/mol. The number of nitrogens with two attached hydrogens (primary N) is 1. The maximum absolute atomic E-state index is 5.69. The van der Waals surface area contributed by atoms with Crippen LogP contribution in [0.3, 0.4) is 0 Å². The quantitative estimate of drug-likeness (QED) is 0.450. The van der Waals surface area contributed by atoms with Gasteiger partial charge >= 0.3 is 0 Å². The minimum atomic E-state index is 0.123. The molecule has 12 heavy (non-hydrogen) atoms. The van der Waals surface area contributed by atoms with Crippen LogP contribution in [-0.4, -0.2) is 18.6 Å². The lowest BCUT2D eigenvalue weighted by Crippen LogP contribution is -2.48. The van der Waals surface area contributed by atoms with E-state index in [-0.39, 0.29) is 5.54 Å². The molecule has 2 heteroatoms. The molecule has 72 valence electrons. The SMILES string of the molecule is C=CCCNC(C)(CN)CCC. The Bertz CT molecular complexity index is 123. The molecule has 3 N–H and O–H groups in total. The van der Waals surface area contributed by atoms with E-state index >= 15 is 0 Å². The zero-order valence-electron chi connectivity index (χ0n) is 8.40. The van der Waals surface area contributed by atoms with Gasteiger partial charge in [-0.15, -0.1) is 6.58 Å². The molecule has 0 saturated heterocycles. The van der Waals surface area contributed by atoms with E-state index in [9.17, 15) is 0 Å². The van der Waals surface area contributed by atoms with E-state index in [1.165, 1.54) is 6.42 Å². The van der Waals surface area contributed by atoms with Crippen molar-refractivity contribution < 1.29 is 0 Å². The molecule has 0 aromatic heterocycles. The first-order valence-electron chi connectivity index (χ1n) is 4.74. The summed E-state index contributed by atoms with van der Waals surface area (Å²) in [4.78, 5) is 0. The van der Waals surface area contributed by atoms with E-state index in [4.69, 9.17) is 5.73 Å². The molecule has 0 aliphatic rings. The van der Waals surface area contributed by atoms with Crippen molar-refractivity contribution in [1.82, 2.24) is 5.32 Å². The Labute approximate surface area is 76.2 Å². The van der Waals surface area contributed by atoms with Crippen LogP contribution < -0.4 is 11.1 Å². The summed E-state index contributed by atoms with van der Waals surface area (Å²) >= 11 is 0. The van der Waals surface area contributed by atoms with Crippen LogP contribution in [0.1, 0.15) is 33.1 Å². The van der Waals surface area contributed by atoms with Gasteiger partial charge in [0, 0.05) is 12.1 Å². The predicted octanol–water partition coefficient (Wildman–Crippen LogP) is 1.67. The fraction of sp³-hybridized carbons (Fsp3) is 0.800. The topological polar surface area (TPSA) is 38.0 Å². The fourth-order valence-electron chi connectivity index (χ4n) is 1.29. The van der Waals surface area contributed by atoms with Gasteiger partial charge in [-0.2, -0.15) is 0 Å². The number of nitrogens with one attached hydrogen (secondary N) is 1. The minimum absolute atomic E-state index is 0.123. The first kappa shape index (κ1) is 11.7. The third kappa shape index (κ3) is 4.52. The Morgan fingerprint density at radius 2 is 2.25 bits per heavy atom. The highest BCUT2D eigenvalue weighted by Crippen LogP contribution is 2.09. The van der Waals surface area contributed by atoms with Crippen molar-refractivity contribution in [3.05, 3.63) is 12.7 Å². The van der Waals surface area contributed by atoms with Crippen LogP contribution in [0, 0.1) is 0 Å². The van der Waals surface area contributed by atoms with Crippen LogP contribution in [0.4, 0.5) is 0 Å². The second-order valence-corrected chi connectivity index (χ2v) is 3.52. The second kappa shape index (κ2) is 6.21. The minimum Gasteiger partial charge on any atom is -0.329 e. The van der Waals surface area contributed by atoms with Crippen molar-refractivity contribution >= 4 is 0 Å². The van der Waals surface area contributed by atoms with E-state index in [1.807, 2.05) is 6.08 Å². The predicted molar refractivity (Wildman–Crippen MR) is 55.2 cm³/mol. The first-order chi connectivity index (χ1) is 5.68. The smallest absolute Gasteiger partial charge is 0.0275 e. The van der Waals surface area contributed by atoms with E-state index in [2.05, 4.69) is 25.7 Å². The Morgan fingerprint density at radius 1 is 1.58 bits per heavy atom. The summed E-state index contributed by atoms with van der Waals surface area (Å²) in [6.45, 7) is 9.73. The van der Waals surface area contributed by atoms with Crippen LogP contribution in [0.25, 0.3) is 0 Å². The van der Waals surface area contributed by atoms with Crippen LogP contribution in [0.2, 0.25) is 0 Å². The van der Waals surface area contributed by atoms with Gasteiger partial charge in [0.05, 0.1) is 0 Å². The summed E-state index contributed by atoms with van der Waals surface area (Å²) in [7, 11) is 0. The number of rotatable bonds is 7. The lowest BCUT2D eigenvalue weighted by atomic mass is 9.96. The number of hydrogen-bond acceptors (Lipinski definition) is 2. The van der Waals surface area contributed by atoms with Gasteiger partial charge in [-0.05, 0) is 26.3 Å². The van der Waals surface area contributed by atoms with Crippen LogP contribution in [-0.2, 0) is 0 Å². The summed E-state index contributed by atoms with van der Waals surface area (Å²) in [5.41, 5.74) is 5.81. The highest BCUT2D eigenvalue weighted by Gasteiger charge is 2.19. The van der Waals surface area contributed by atoms with Gasteiger partial charge in [-0.25, -0.2) is 0 Å². The van der Waals surface area contributed by atoms with Crippen molar-refractivity contribution in [2.75, 3.05) is 13.1 Å². The Morgan fingerprint density at radius 3 is 2.67 bits per heavy atom. The summed E-state index contributed by atoms with van der Waals surface area (Å²) in [6.07, 6.45) is 5.25. The third-order valence-corrected chi connectivity index (χ3v) is 2.15. The molecule has 0 heterocycles. The molecule has 1 unspecified atom stereocenters. The zero-order valence-corrected chi connectivity index (χ0v) is 8.40. The molecule has 0 bridgehead atoms. The lowest BCUT2D eigenvalue weighted by Gasteiger charge is -2.29. The molecule has 0 aromatic rings. The van der Waals surface area contributed by atoms with E-state index in [0.717, 1.165) is 19.4 Å². The van der Waals surface area contributed by atoms with Crippen molar-refractivity contribution in [1.29, 1.82) is 0 Å². The zero-order chi connectivity index (χ0) is 9.45. The Hall–Kier alpha value is -0.340. The average Bonchev–Trinajstić information content (AvgIpc) is 2.06. The standard InChI is InChI=1S/C10H22N2/c1-4-6-8-12-10(3,9-11)7-5-2/h4,12H,1,5-9,11H2,2-3H3. The fourth-order valence-corrected chi connectivity index (χ4v) is 1.29. The largest absolute Gasteiger partial charge is 0.329 e. The summed E-state index contributed by atoms with van der Waals surface area (Å²) in [5.74, 6) is 0. The molecule has 2 nitrogen and oxygen atoms in total. The average molecular weight is 170 g/mol. The van der Waals surface area contributed by atoms with Crippen LogP contribution in [0.5, 0.6) is 0 Å². The Balaban J connectivity index is 3.70. The number of hydrogen-bond donors (Lipinski definition) is 2. The van der Waals surface area contributed by atoms with Gasteiger partial charge in [0.2, 0.25) is 0 Å². The molecule has 0 radical (unpaired) electrons. The van der Waals surface area contributed by atoms with Gasteiger partial charge in [0.15, 0.2) is 0 Å². The molecule has 0 aliphatic heterocycles. The molecule has 0 aliphatic carbocycles. The van der Waals surface area contributed by atoms with E-state index < -0.39 is 0 Å². The van der Waals surface area contributed by atoms with Crippen LogP contribution >= 0.6 is 0 Å². The highest BCUT2D eigenvalue weighted by atomic mass is 15.0. The van der Waals surface area contributed by atoms with Crippen molar-refractivity contribution in [3.8, 4) is 0 Å². The summed E-state index contributed by atoms with van der Waals surface area (Å²) in [6, 6.07) is 0. The molecule has 0 amide bonds. The van der Waals surface area contributed by atoms with Gasteiger partial charge in [0.25, 0.3) is 0 Å². The lowest BCUT2D eigenvalue weighted by molar-refractivity contribution is 0.340. The molecule has 1 atom stereocenters. The van der Waals surface area contributed by atoms with Crippen molar-refractivity contribution in [2.45, 2.75) is 38.6 Å². The molecule has 0 spiro atoms. The monoisotopic (exact) mass is 170 g/mol. The molecule has 0 saturated carbocycles. The van der Waals surface area contributed by atoms with E-state index in [0.29, 0.717) is 6.54 Å². The maximum Gasteiger partial charge on any atom is 0.0275 e. The summed E-state index contributed by atoms with van der Waals surface area (Å²) < 4.78 is 0. The normalized spacial score (nSPS) is 15.6. The second-order valence-electron chi connectivity index (χ2n) is 3.52.